The predicted molar refractivity (Wildman–Crippen MR) is 74.6 cm³/mol. The monoisotopic (exact) mass is 262 g/mol. The highest BCUT2D eigenvalue weighted by Gasteiger charge is 2.31. The minimum atomic E-state index is 0. The van der Waals surface area contributed by atoms with Gasteiger partial charge in [0, 0.05) is 13.0 Å². The Balaban J connectivity index is 0.00000256. The maximum atomic E-state index is 11.6. The van der Waals surface area contributed by atoms with Crippen molar-refractivity contribution in [2.45, 2.75) is 51.9 Å². The zero-order valence-electron chi connectivity index (χ0n) is 11.2. The summed E-state index contributed by atoms with van der Waals surface area (Å²) < 4.78 is 0. The lowest BCUT2D eigenvalue weighted by molar-refractivity contribution is -0.121. The van der Waals surface area contributed by atoms with Gasteiger partial charge in [0.25, 0.3) is 0 Å². The largest absolute Gasteiger partial charge is 0.356 e. The molecule has 1 amide bonds. The molecule has 0 radical (unpaired) electrons. The summed E-state index contributed by atoms with van der Waals surface area (Å²) in [6.45, 7) is 4.06. The van der Waals surface area contributed by atoms with E-state index in [1.807, 2.05) is 7.05 Å². The first-order valence-corrected chi connectivity index (χ1v) is 6.64. The molecule has 1 rings (SSSR count). The van der Waals surface area contributed by atoms with E-state index < -0.39 is 0 Å². The lowest BCUT2D eigenvalue weighted by atomic mass is 9.83. The van der Waals surface area contributed by atoms with Crippen LogP contribution >= 0.6 is 12.4 Å². The topological polar surface area (TPSA) is 41.1 Å². The number of hydrogen-bond donors (Lipinski definition) is 2. The van der Waals surface area contributed by atoms with Crippen LogP contribution in [0.25, 0.3) is 0 Å². The summed E-state index contributed by atoms with van der Waals surface area (Å²) in [7, 11) is 1.92. The molecule has 1 saturated carbocycles. The second-order valence-corrected chi connectivity index (χ2v) is 5.04. The zero-order valence-corrected chi connectivity index (χ0v) is 12.0. The van der Waals surface area contributed by atoms with E-state index in [-0.39, 0.29) is 18.3 Å². The molecule has 1 fully saturated rings. The van der Waals surface area contributed by atoms with Crippen molar-refractivity contribution in [2.75, 3.05) is 20.1 Å². The Bertz CT molecular complexity index is 215. The molecule has 0 aromatic rings. The smallest absolute Gasteiger partial charge is 0.220 e. The van der Waals surface area contributed by atoms with Crippen LogP contribution in [-0.4, -0.2) is 26.0 Å². The molecule has 2 N–H and O–H groups in total. The first kappa shape index (κ1) is 16.7. The van der Waals surface area contributed by atoms with Gasteiger partial charge in [-0.15, -0.1) is 12.4 Å². The molecule has 0 aromatic carbocycles. The van der Waals surface area contributed by atoms with Gasteiger partial charge in [-0.1, -0.05) is 19.8 Å². The van der Waals surface area contributed by atoms with E-state index in [0.717, 1.165) is 19.5 Å². The van der Waals surface area contributed by atoms with Crippen LogP contribution in [0.3, 0.4) is 0 Å². The van der Waals surface area contributed by atoms with Crippen molar-refractivity contribution in [1.29, 1.82) is 0 Å². The molecule has 0 heterocycles. The lowest BCUT2D eigenvalue weighted by Crippen LogP contribution is -2.35. The fourth-order valence-corrected chi connectivity index (χ4v) is 2.58. The van der Waals surface area contributed by atoms with Crippen molar-refractivity contribution < 1.29 is 4.79 Å². The summed E-state index contributed by atoms with van der Waals surface area (Å²) in [6, 6.07) is 0. The maximum absolute atomic E-state index is 11.6. The second-order valence-electron chi connectivity index (χ2n) is 5.04. The van der Waals surface area contributed by atoms with Crippen molar-refractivity contribution in [3.8, 4) is 0 Å². The van der Waals surface area contributed by atoms with Gasteiger partial charge in [-0.2, -0.15) is 0 Å². The Kier molecular flexibility index (Phi) is 8.61. The molecule has 102 valence electrons. The minimum absolute atomic E-state index is 0. The Morgan fingerprint density at radius 1 is 1.29 bits per heavy atom. The van der Waals surface area contributed by atoms with E-state index in [0.29, 0.717) is 11.8 Å². The average Bonchev–Trinajstić information content (AvgIpc) is 2.76. The molecule has 3 nitrogen and oxygen atoms in total. The molecule has 1 aliphatic carbocycles. The van der Waals surface area contributed by atoms with Gasteiger partial charge in [-0.05, 0) is 44.7 Å². The SMILES string of the molecule is CCC1(CNC(=O)CCCNC)CCCC1.Cl. The molecule has 0 spiro atoms. The molecule has 0 aliphatic heterocycles. The first-order valence-electron chi connectivity index (χ1n) is 6.64. The van der Waals surface area contributed by atoms with Crippen molar-refractivity contribution >= 4 is 18.3 Å². The third-order valence-corrected chi connectivity index (χ3v) is 3.91. The van der Waals surface area contributed by atoms with E-state index >= 15 is 0 Å². The van der Waals surface area contributed by atoms with Gasteiger partial charge in [-0.25, -0.2) is 0 Å². The normalized spacial score (nSPS) is 17.5. The summed E-state index contributed by atoms with van der Waals surface area (Å²) in [5.41, 5.74) is 0.415. The molecular formula is C13H27ClN2O. The zero-order chi connectivity index (χ0) is 11.9. The first-order chi connectivity index (χ1) is 7.72. The molecule has 1 aliphatic rings. The summed E-state index contributed by atoms with van der Waals surface area (Å²) in [5, 5.41) is 6.17. The van der Waals surface area contributed by atoms with Crippen LogP contribution in [0, 0.1) is 5.41 Å². The summed E-state index contributed by atoms with van der Waals surface area (Å²) >= 11 is 0. The van der Waals surface area contributed by atoms with Gasteiger partial charge in [0.05, 0.1) is 0 Å². The van der Waals surface area contributed by atoms with Gasteiger partial charge < -0.3 is 10.6 Å². The molecule has 0 aromatic heterocycles. The number of hydrogen-bond acceptors (Lipinski definition) is 2. The summed E-state index contributed by atoms with van der Waals surface area (Å²) in [5.74, 6) is 0.218. The van der Waals surface area contributed by atoms with Crippen LogP contribution in [-0.2, 0) is 4.79 Å². The fraction of sp³-hybridized carbons (Fsp3) is 0.923. The van der Waals surface area contributed by atoms with Gasteiger partial charge in [-0.3, -0.25) is 4.79 Å². The number of nitrogens with one attached hydrogen (secondary N) is 2. The summed E-state index contributed by atoms with van der Waals surface area (Å²) in [4.78, 5) is 11.6. The van der Waals surface area contributed by atoms with E-state index in [1.54, 1.807) is 0 Å². The fourth-order valence-electron chi connectivity index (χ4n) is 2.58. The molecule has 4 heteroatoms. The quantitative estimate of drug-likeness (QED) is 0.692. The van der Waals surface area contributed by atoms with Crippen molar-refractivity contribution in [1.82, 2.24) is 10.6 Å². The Morgan fingerprint density at radius 2 is 1.94 bits per heavy atom. The lowest BCUT2D eigenvalue weighted by Gasteiger charge is -2.27. The molecule has 0 atom stereocenters. The Morgan fingerprint density at radius 3 is 2.47 bits per heavy atom. The summed E-state index contributed by atoms with van der Waals surface area (Å²) in [6.07, 6.45) is 8.04. The standard InChI is InChI=1S/C13H26N2O.ClH/c1-3-13(8-4-5-9-13)11-15-12(16)7-6-10-14-2;/h14H,3-11H2,1-2H3,(H,15,16);1H. The van der Waals surface area contributed by atoms with Crippen molar-refractivity contribution in [2.24, 2.45) is 5.41 Å². The van der Waals surface area contributed by atoms with Crippen LogP contribution < -0.4 is 10.6 Å². The number of carbonyl (C=O) groups is 1. The predicted octanol–water partition coefficient (Wildman–Crippen LogP) is 2.49. The maximum Gasteiger partial charge on any atom is 0.220 e. The van der Waals surface area contributed by atoms with Crippen LogP contribution in [0.5, 0.6) is 0 Å². The van der Waals surface area contributed by atoms with Crippen LogP contribution in [0.1, 0.15) is 51.9 Å². The molecule has 0 saturated heterocycles. The number of amides is 1. The molecule has 0 unspecified atom stereocenters. The van der Waals surface area contributed by atoms with Gasteiger partial charge >= 0.3 is 0 Å². The second kappa shape index (κ2) is 8.76. The average molecular weight is 263 g/mol. The third-order valence-electron chi connectivity index (χ3n) is 3.91. The Hall–Kier alpha value is -0.280. The highest BCUT2D eigenvalue weighted by molar-refractivity contribution is 5.85. The number of rotatable bonds is 7. The van der Waals surface area contributed by atoms with E-state index in [9.17, 15) is 4.79 Å². The third kappa shape index (κ3) is 5.73. The van der Waals surface area contributed by atoms with Crippen LogP contribution in [0.15, 0.2) is 0 Å². The van der Waals surface area contributed by atoms with Gasteiger partial charge in [0.1, 0.15) is 0 Å². The minimum Gasteiger partial charge on any atom is -0.356 e. The van der Waals surface area contributed by atoms with E-state index in [4.69, 9.17) is 0 Å². The Labute approximate surface area is 112 Å². The number of carbonyl (C=O) groups excluding carboxylic acids is 1. The van der Waals surface area contributed by atoms with Gasteiger partial charge in [0.15, 0.2) is 0 Å². The van der Waals surface area contributed by atoms with Crippen molar-refractivity contribution in [3.63, 3.8) is 0 Å². The van der Waals surface area contributed by atoms with Gasteiger partial charge in [0.2, 0.25) is 5.91 Å². The van der Waals surface area contributed by atoms with Crippen LogP contribution in [0.2, 0.25) is 0 Å². The van der Waals surface area contributed by atoms with Crippen LogP contribution in [0.4, 0.5) is 0 Å². The molecule has 17 heavy (non-hydrogen) atoms. The highest BCUT2D eigenvalue weighted by Crippen LogP contribution is 2.40. The number of halogens is 1. The van der Waals surface area contributed by atoms with E-state index in [2.05, 4.69) is 17.6 Å². The molecular weight excluding hydrogens is 236 g/mol. The molecule has 0 bridgehead atoms. The highest BCUT2D eigenvalue weighted by atomic mass is 35.5. The van der Waals surface area contributed by atoms with Crippen molar-refractivity contribution in [3.05, 3.63) is 0 Å². The van der Waals surface area contributed by atoms with E-state index in [1.165, 1.54) is 32.1 Å².